The molecule has 0 aliphatic heterocycles. The summed E-state index contributed by atoms with van der Waals surface area (Å²) in [6.07, 6.45) is 1.50. The van der Waals surface area contributed by atoms with Crippen LogP contribution in [-0.4, -0.2) is 15.0 Å². The third kappa shape index (κ3) is 2.67. The Morgan fingerprint density at radius 2 is 1.87 bits per heavy atom. The number of aromatic amines is 1. The summed E-state index contributed by atoms with van der Waals surface area (Å²) in [5.74, 6) is 1.81. The van der Waals surface area contributed by atoms with Gasteiger partial charge in [-0.2, -0.15) is 4.98 Å². The molecule has 6 heteroatoms. The molecule has 0 radical (unpaired) electrons. The van der Waals surface area contributed by atoms with Gasteiger partial charge >= 0.3 is 0 Å². The Hall–Kier alpha value is -2.76. The summed E-state index contributed by atoms with van der Waals surface area (Å²) in [7, 11) is 0. The predicted octanol–water partition coefficient (Wildman–Crippen LogP) is 3.65. The van der Waals surface area contributed by atoms with E-state index in [1.807, 2.05) is 6.07 Å². The Labute approximate surface area is 134 Å². The Morgan fingerprint density at radius 3 is 2.52 bits per heavy atom. The zero-order valence-electron chi connectivity index (χ0n) is 13.8. The summed E-state index contributed by atoms with van der Waals surface area (Å²) in [6, 6.07) is 4.17. The Morgan fingerprint density at radius 1 is 1.13 bits per heavy atom. The van der Waals surface area contributed by atoms with Gasteiger partial charge in [0.05, 0.1) is 6.20 Å². The molecule has 23 heavy (non-hydrogen) atoms. The molecule has 2 heterocycles. The number of nitrogens with zero attached hydrogens (tertiary/aromatic N) is 2. The molecule has 1 aromatic carbocycles. The van der Waals surface area contributed by atoms with Crippen LogP contribution in [0, 0.1) is 13.8 Å². The van der Waals surface area contributed by atoms with Crippen LogP contribution in [0.4, 0.5) is 11.8 Å². The highest BCUT2D eigenvalue weighted by Gasteiger charge is 2.15. The molecule has 0 saturated heterocycles. The summed E-state index contributed by atoms with van der Waals surface area (Å²) in [5.41, 5.74) is 16.0. The largest absolute Gasteiger partial charge is 0.451 e. The average Bonchev–Trinajstić information content (AvgIpc) is 2.75. The minimum absolute atomic E-state index is 0.130. The van der Waals surface area contributed by atoms with E-state index >= 15 is 0 Å². The lowest BCUT2D eigenvalue weighted by molar-refractivity contribution is 0.472. The topological polar surface area (TPSA) is 103 Å². The molecular formula is C17H21N5O. The van der Waals surface area contributed by atoms with Crippen molar-refractivity contribution in [3.8, 4) is 11.5 Å². The molecule has 0 aliphatic rings. The van der Waals surface area contributed by atoms with Crippen molar-refractivity contribution in [2.45, 2.75) is 33.6 Å². The van der Waals surface area contributed by atoms with Gasteiger partial charge in [0.2, 0.25) is 5.95 Å². The molecule has 2 aromatic heterocycles. The first kappa shape index (κ1) is 15.1. The van der Waals surface area contributed by atoms with Crippen LogP contribution in [0.3, 0.4) is 0 Å². The van der Waals surface area contributed by atoms with E-state index in [9.17, 15) is 0 Å². The second kappa shape index (κ2) is 5.46. The second-order valence-electron chi connectivity index (χ2n) is 6.05. The first-order valence-electron chi connectivity index (χ1n) is 7.55. The summed E-state index contributed by atoms with van der Waals surface area (Å²) in [4.78, 5) is 11.3. The van der Waals surface area contributed by atoms with Crippen LogP contribution in [-0.2, 0) is 0 Å². The van der Waals surface area contributed by atoms with E-state index in [0.29, 0.717) is 11.7 Å². The third-order valence-corrected chi connectivity index (χ3v) is 4.08. The van der Waals surface area contributed by atoms with E-state index in [-0.39, 0.29) is 11.8 Å². The third-order valence-electron chi connectivity index (χ3n) is 4.08. The summed E-state index contributed by atoms with van der Waals surface area (Å²) in [6.45, 7) is 8.44. The molecule has 6 nitrogen and oxygen atoms in total. The molecule has 0 bridgehead atoms. The van der Waals surface area contributed by atoms with Crippen LogP contribution in [0.15, 0.2) is 18.3 Å². The number of ether oxygens (including phenoxy) is 1. The minimum atomic E-state index is 0.130. The van der Waals surface area contributed by atoms with Gasteiger partial charge in [-0.15, -0.1) is 0 Å². The lowest BCUT2D eigenvalue weighted by Crippen LogP contribution is -2.02. The predicted molar refractivity (Wildman–Crippen MR) is 92.8 cm³/mol. The number of aromatic nitrogens is 3. The molecule has 0 unspecified atom stereocenters. The van der Waals surface area contributed by atoms with E-state index in [4.69, 9.17) is 16.2 Å². The quantitative estimate of drug-likeness (QED) is 0.685. The van der Waals surface area contributed by atoms with Crippen molar-refractivity contribution in [1.29, 1.82) is 0 Å². The standard InChI is InChI=1S/C17H21N5O/c1-8(2)11-5-12-9(3)10(4)21-13(12)6-14(11)23-15-7-20-17(19)22-16(15)18/h5-8,21H,1-4H3,(H4,18,19,20,22). The van der Waals surface area contributed by atoms with Crippen molar-refractivity contribution in [1.82, 2.24) is 15.0 Å². The van der Waals surface area contributed by atoms with Crippen molar-refractivity contribution < 1.29 is 4.74 Å². The van der Waals surface area contributed by atoms with E-state index < -0.39 is 0 Å². The van der Waals surface area contributed by atoms with E-state index in [2.05, 4.69) is 48.7 Å². The van der Waals surface area contributed by atoms with Gasteiger partial charge in [-0.1, -0.05) is 13.8 Å². The van der Waals surface area contributed by atoms with Crippen LogP contribution in [0.1, 0.15) is 36.6 Å². The Kier molecular flexibility index (Phi) is 3.60. The lowest BCUT2D eigenvalue weighted by Gasteiger charge is -2.15. The molecule has 0 spiro atoms. The number of nitrogen functional groups attached to an aromatic ring is 2. The normalized spacial score (nSPS) is 11.3. The number of hydrogen-bond donors (Lipinski definition) is 3. The number of aryl methyl sites for hydroxylation is 2. The molecule has 0 saturated carbocycles. The van der Waals surface area contributed by atoms with Crippen molar-refractivity contribution in [2.24, 2.45) is 0 Å². The minimum Gasteiger partial charge on any atom is -0.451 e. The molecule has 3 rings (SSSR count). The second-order valence-corrected chi connectivity index (χ2v) is 6.05. The van der Waals surface area contributed by atoms with Gasteiger partial charge < -0.3 is 21.2 Å². The summed E-state index contributed by atoms with van der Waals surface area (Å²) < 4.78 is 5.99. The first-order valence-corrected chi connectivity index (χ1v) is 7.55. The van der Waals surface area contributed by atoms with Crippen molar-refractivity contribution in [3.05, 3.63) is 35.2 Å². The highest BCUT2D eigenvalue weighted by molar-refractivity contribution is 5.87. The Bertz CT molecular complexity index is 882. The van der Waals surface area contributed by atoms with Crippen molar-refractivity contribution >= 4 is 22.7 Å². The number of hydrogen-bond acceptors (Lipinski definition) is 5. The molecule has 0 amide bonds. The van der Waals surface area contributed by atoms with Gasteiger partial charge in [0.25, 0.3) is 0 Å². The van der Waals surface area contributed by atoms with Gasteiger partial charge in [0, 0.05) is 22.7 Å². The highest BCUT2D eigenvalue weighted by Crippen LogP contribution is 2.37. The number of nitrogens with one attached hydrogen (secondary N) is 1. The number of nitrogens with two attached hydrogens (primary N) is 2. The lowest BCUT2D eigenvalue weighted by atomic mass is 9.99. The zero-order valence-corrected chi connectivity index (χ0v) is 13.8. The van der Waals surface area contributed by atoms with Gasteiger partial charge in [0.1, 0.15) is 5.75 Å². The fourth-order valence-electron chi connectivity index (χ4n) is 2.64. The fraction of sp³-hybridized carbons (Fsp3) is 0.294. The van der Waals surface area contributed by atoms with Gasteiger partial charge in [-0.05, 0) is 37.0 Å². The zero-order chi connectivity index (χ0) is 16.7. The number of fused-ring (bicyclic) bond motifs is 1. The number of benzene rings is 1. The number of anilines is 2. The maximum Gasteiger partial charge on any atom is 0.222 e. The van der Waals surface area contributed by atoms with Gasteiger partial charge in [-0.25, -0.2) is 4.98 Å². The molecular weight excluding hydrogens is 290 g/mol. The summed E-state index contributed by atoms with van der Waals surface area (Å²) in [5, 5.41) is 1.21. The Balaban J connectivity index is 2.13. The number of H-pyrrole nitrogens is 1. The molecule has 5 N–H and O–H groups in total. The van der Waals surface area contributed by atoms with Gasteiger partial charge in [-0.3, -0.25) is 0 Å². The SMILES string of the molecule is Cc1[nH]c2cc(Oc3cnc(N)nc3N)c(C(C)C)cc2c1C. The average molecular weight is 311 g/mol. The van der Waals surface area contributed by atoms with E-state index in [1.54, 1.807) is 0 Å². The van der Waals surface area contributed by atoms with Crippen LogP contribution < -0.4 is 16.2 Å². The fourth-order valence-corrected chi connectivity index (χ4v) is 2.64. The number of rotatable bonds is 3. The smallest absolute Gasteiger partial charge is 0.222 e. The van der Waals surface area contributed by atoms with Crippen LogP contribution in [0.25, 0.3) is 10.9 Å². The van der Waals surface area contributed by atoms with Crippen LogP contribution in [0.2, 0.25) is 0 Å². The van der Waals surface area contributed by atoms with Crippen LogP contribution in [0.5, 0.6) is 11.5 Å². The monoisotopic (exact) mass is 311 g/mol. The first-order chi connectivity index (χ1) is 10.9. The maximum atomic E-state index is 5.99. The molecule has 3 aromatic rings. The van der Waals surface area contributed by atoms with Crippen LogP contribution >= 0.6 is 0 Å². The van der Waals surface area contributed by atoms with Crippen molar-refractivity contribution in [2.75, 3.05) is 11.5 Å². The van der Waals surface area contributed by atoms with E-state index in [1.165, 1.54) is 17.1 Å². The molecule has 120 valence electrons. The molecule has 0 fully saturated rings. The van der Waals surface area contributed by atoms with Crippen molar-refractivity contribution in [3.63, 3.8) is 0 Å². The maximum absolute atomic E-state index is 5.99. The van der Waals surface area contributed by atoms with E-state index in [0.717, 1.165) is 22.5 Å². The van der Waals surface area contributed by atoms with Gasteiger partial charge in [0.15, 0.2) is 11.6 Å². The molecule has 0 aliphatic carbocycles. The summed E-state index contributed by atoms with van der Waals surface area (Å²) >= 11 is 0. The molecule has 0 atom stereocenters. The highest BCUT2D eigenvalue weighted by atomic mass is 16.5.